The van der Waals surface area contributed by atoms with E-state index >= 15 is 0 Å². The number of carbonyl (C=O) groups is 1. The smallest absolute Gasteiger partial charge is 0.335 e. The van der Waals surface area contributed by atoms with E-state index in [0.29, 0.717) is 12.0 Å². The number of rotatable bonds is 3. The molecule has 0 aliphatic carbocycles. The van der Waals surface area contributed by atoms with Gasteiger partial charge in [0.05, 0.1) is 5.56 Å². The topological polar surface area (TPSA) is 53.1 Å². The first kappa shape index (κ1) is 11.5. The highest BCUT2D eigenvalue weighted by Crippen LogP contribution is 2.19. The second-order valence-electron chi connectivity index (χ2n) is 4.52. The average Bonchev–Trinajstić information content (AvgIpc) is 2.81. The largest absolute Gasteiger partial charge is 0.478 e. The van der Waals surface area contributed by atoms with Gasteiger partial charge in [-0.1, -0.05) is 36.4 Å². The molecule has 1 heterocycles. The first-order valence-corrected chi connectivity index (χ1v) is 6.12. The Bertz CT molecular complexity index is 710. The molecule has 94 valence electrons. The molecule has 2 aromatic carbocycles. The zero-order valence-electron chi connectivity index (χ0n) is 10.3. The van der Waals surface area contributed by atoms with Crippen LogP contribution in [0.2, 0.25) is 0 Å². The Kier molecular flexibility index (Phi) is 2.80. The summed E-state index contributed by atoms with van der Waals surface area (Å²) in [4.78, 5) is 14.5. The molecule has 19 heavy (non-hydrogen) atoms. The van der Waals surface area contributed by atoms with Crippen molar-refractivity contribution in [3.8, 4) is 0 Å². The molecule has 3 aromatic rings. The van der Waals surface area contributed by atoms with Gasteiger partial charge in [0.25, 0.3) is 0 Å². The van der Waals surface area contributed by atoms with Gasteiger partial charge in [-0.25, -0.2) is 4.79 Å². The summed E-state index contributed by atoms with van der Waals surface area (Å²) >= 11 is 0. The fourth-order valence-electron chi connectivity index (χ4n) is 2.32. The summed E-state index contributed by atoms with van der Waals surface area (Å²) in [6.45, 7) is 0. The lowest BCUT2D eigenvalue weighted by Crippen LogP contribution is -2.02. The summed E-state index contributed by atoms with van der Waals surface area (Å²) in [5.74, 6) is -0.883. The average molecular weight is 251 g/mol. The molecule has 0 fully saturated rings. The SMILES string of the molecule is O=C(O)c1ccccc1Cc1cc2ccccc2[nH]1. The van der Waals surface area contributed by atoms with Crippen molar-refractivity contribution < 1.29 is 9.90 Å². The third kappa shape index (κ3) is 2.22. The number of para-hydroxylation sites is 1. The van der Waals surface area contributed by atoms with Crippen LogP contribution in [-0.2, 0) is 6.42 Å². The van der Waals surface area contributed by atoms with Gasteiger partial charge in [0.1, 0.15) is 0 Å². The molecule has 0 amide bonds. The third-order valence-electron chi connectivity index (χ3n) is 3.21. The van der Waals surface area contributed by atoms with Crippen molar-refractivity contribution >= 4 is 16.9 Å². The Morgan fingerprint density at radius 3 is 2.58 bits per heavy atom. The monoisotopic (exact) mass is 251 g/mol. The van der Waals surface area contributed by atoms with Crippen LogP contribution < -0.4 is 0 Å². The summed E-state index contributed by atoms with van der Waals surface area (Å²) < 4.78 is 0. The van der Waals surface area contributed by atoms with Crippen LogP contribution in [0.3, 0.4) is 0 Å². The Labute approximate surface area is 110 Å². The zero-order chi connectivity index (χ0) is 13.2. The van der Waals surface area contributed by atoms with E-state index in [1.165, 1.54) is 0 Å². The lowest BCUT2D eigenvalue weighted by Gasteiger charge is -2.03. The normalized spacial score (nSPS) is 10.7. The molecule has 3 rings (SSSR count). The molecule has 3 heteroatoms. The van der Waals surface area contributed by atoms with Crippen LogP contribution in [0.5, 0.6) is 0 Å². The molecule has 1 aromatic heterocycles. The Hall–Kier alpha value is -2.55. The molecule has 0 bridgehead atoms. The third-order valence-corrected chi connectivity index (χ3v) is 3.21. The van der Waals surface area contributed by atoms with Crippen LogP contribution in [0.4, 0.5) is 0 Å². The number of fused-ring (bicyclic) bond motifs is 1. The van der Waals surface area contributed by atoms with Gasteiger partial charge in [-0.2, -0.15) is 0 Å². The van der Waals surface area contributed by atoms with E-state index in [-0.39, 0.29) is 0 Å². The number of carboxylic acids is 1. The van der Waals surface area contributed by atoms with Gasteiger partial charge in [0, 0.05) is 17.6 Å². The number of hydrogen-bond donors (Lipinski definition) is 2. The van der Waals surface area contributed by atoms with Crippen LogP contribution in [0.1, 0.15) is 21.6 Å². The molecule has 0 unspecified atom stereocenters. The van der Waals surface area contributed by atoms with Crippen molar-refractivity contribution in [1.82, 2.24) is 4.98 Å². The van der Waals surface area contributed by atoms with Crippen LogP contribution in [0, 0.1) is 0 Å². The highest BCUT2D eigenvalue weighted by Gasteiger charge is 2.10. The summed E-state index contributed by atoms with van der Waals surface area (Å²) in [7, 11) is 0. The standard InChI is InChI=1S/C16H13NO2/c18-16(19)14-7-3-1-5-11(14)9-13-10-12-6-2-4-8-15(12)17-13/h1-8,10,17H,9H2,(H,18,19). The highest BCUT2D eigenvalue weighted by molar-refractivity contribution is 5.89. The molecular weight excluding hydrogens is 238 g/mol. The quantitative estimate of drug-likeness (QED) is 0.749. The minimum atomic E-state index is -0.883. The Balaban J connectivity index is 1.99. The maximum atomic E-state index is 11.2. The summed E-state index contributed by atoms with van der Waals surface area (Å²) in [5, 5.41) is 10.3. The number of aromatic carboxylic acids is 1. The van der Waals surface area contributed by atoms with E-state index in [9.17, 15) is 9.90 Å². The minimum Gasteiger partial charge on any atom is -0.478 e. The zero-order valence-corrected chi connectivity index (χ0v) is 10.3. The van der Waals surface area contributed by atoms with Gasteiger partial charge in [0.2, 0.25) is 0 Å². The van der Waals surface area contributed by atoms with Gasteiger partial charge in [0.15, 0.2) is 0 Å². The van der Waals surface area contributed by atoms with Crippen molar-refractivity contribution in [2.24, 2.45) is 0 Å². The first-order valence-electron chi connectivity index (χ1n) is 6.12. The maximum Gasteiger partial charge on any atom is 0.335 e. The van der Waals surface area contributed by atoms with Gasteiger partial charge in [-0.05, 0) is 29.1 Å². The lowest BCUT2D eigenvalue weighted by molar-refractivity contribution is 0.0696. The Morgan fingerprint density at radius 1 is 1.05 bits per heavy atom. The summed E-state index contributed by atoms with van der Waals surface area (Å²) in [5.41, 5.74) is 3.28. The van der Waals surface area contributed by atoms with Gasteiger partial charge >= 0.3 is 5.97 Å². The second kappa shape index (κ2) is 4.61. The highest BCUT2D eigenvalue weighted by atomic mass is 16.4. The van der Waals surface area contributed by atoms with Crippen molar-refractivity contribution in [1.29, 1.82) is 0 Å². The predicted octanol–water partition coefficient (Wildman–Crippen LogP) is 3.46. The maximum absolute atomic E-state index is 11.2. The second-order valence-corrected chi connectivity index (χ2v) is 4.52. The fraction of sp³-hybridized carbons (Fsp3) is 0.0625. The number of H-pyrrole nitrogens is 1. The number of hydrogen-bond acceptors (Lipinski definition) is 1. The first-order chi connectivity index (χ1) is 9.24. The number of carboxylic acid groups (broad SMARTS) is 1. The molecule has 0 radical (unpaired) electrons. The van der Waals surface area contributed by atoms with E-state index in [1.807, 2.05) is 36.4 Å². The number of nitrogens with one attached hydrogen (secondary N) is 1. The molecule has 3 nitrogen and oxygen atoms in total. The van der Waals surface area contributed by atoms with E-state index in [4.69, 9.17) is 0 Å². The van der Waals surface area contributed by atoms with E-state index in [1.54, 1.807) is 12.1 Å². The molecule has 0 aliphatic heterocycles. The lowest BCUT2D eigenvalue weighted by atomic mass is 10.0. The molecule has 2 N–H and O–H groups in total. The van der Waals surface area contributed by atoms with Gasteiger partial charge in [-0.3, -0.25) is 0 Å². The molecule has 0 spiro atoms. The Morgan fingerprint density at radius 2 is 1.79 bits per heavy atom. The number of aromatic amines is 1. The van der Waals surface area contributed by atoms with Crippen LogP contribution in [-0.4, -0.2) is 16.1 Å². The van der Waals surface area contributed by atoms with Crippen LogP contribution in [0.25, 0.3) is 10.9 Å². The van der Waals surface area contributed by atoms with Crippen LogP contribution in [0.15, 0.2) is 54.6 Å². The van der Waals surface area contributed by atoms with E-state index in [2.05, 4.69) is 11.1 Å². The van der Waals surface area contributed by atoms with Crippen molar-refractivity contribution in [3.05, 3.63) is 71.4 Å². The fourth-order valence-corrected chi connectivity index (χ4v) is 2.32. The van der Waals surface area contributed by atoms with E-state index < -0.39 is 5.97 Å². The summed E-state index contributed by atoms with van der Waals surface area (Å²) in [6.07, 6.45) is 0.594. The minimum absolute atomic E-state index is 0.362. The molecule has 0 saturated heterocycles. The molecule has 0 saturated carbocycles. The predicted molar refractivity (Wildman–Crippen MR) is 74.5 cm³/mol. The number of aromatic nitrogens is 1. The van der Waals surface area contributed by atoms with Crippen molar-refractivity contribution in [2.45, 2.75) is 6.42 Å². The van der Waals surface area contributed by atoms with E-state index in [0.717, 1.165) is 22.2 Å². The molecule has 0 aliphatic rings. The van der Waals surface area contributed by atoms with Crippen LogP contribution >= 0.6 is 0 Å². The van der Waals surface area contributed by atoms with Crippen molar-refractivity contribution in [2.75, 3.05) is 0 Å². The van der Waals surface area contributed by atoms with Gasteiger partial charge < -0.3 is 10.1 Å². The number of benzene rings is 2. The molecular formula is C16H13NO2. The van der Waals surface area contributed by atoms with Crippen molar-refractivity contribution in [3.63, 3.8) is 0 Å². The van der Waals surface area contributed by atoms with Gasteiger partial charge in [-0.15, -0.1) is 0 Å². The molecule has 0 atom stereocenters. The summed E-state index contributed by atoms with van der Waals surface area (Å²) in [6, 6.07) is 17.2.